The van der Waals surface area contributed by atoms with Gasteiger partial charge in [-0.05, 0) is 48.6 Å². The van der Waals surface area contributed by atoms with E-state index in [-0.39, 0.29) is 0 Å². The molecule has 0 aliphatic heterocycles. The van der Waals surface area contributed by atoms with E-state index >= 15 is 0 Å². The molecular weight excluding hydrogens is 320 g/mol. The highest BCUT2D eigenvalue weighted by molar-refractivity contribution is 7.99. The predicted octanol–water partition coefficient (Wildman–Crippen LogP) is 4.96. The van der Waals surface area contributed by atoms with Crippen LogP contribution in [0, 0.1) is 0 Å². The first kappa shape index (κ1) is 15.9. The van der Waals surface area contributed by atoms with Crippen molar-refractivity contribution < 1.29 is 0 Å². The summed E-state index contributed by atoms with van der Waals surface area (Å²) in [6.45, 7) is 4.29. The molecule has 2 aromatic carbocycles. The molecule has 0 atom stereocenters. The summed E-state index contributed by atoms with van der Waals surface area (Å²) in [6.07, 6.45) is 1.77. The minimum atomic E-state index is 0.582. The molecular formula is C16H15ClN2S2. The molecule has 2 aromatic rings. The van der Waals surface area contributed by atoms with Crippen LogP contribution in [-0.2, 0) is 0 Å². The van der Waals surface area contributed by atoms with Gasteiger partial charge in [0.2, 0.25) is 0 Å². The molecule has 2 nitrogen and oxygen atoms in total. The van der Waals surface area contributed by atoms with Crippen LogP contribution in [0.4, 0.5) is 5.69 Å². The molecule has 0 heterocycles. The zero-order valence-corrected chi connectivity index (χ0v) is 13.7. The van der Waals surface area contributed by atoms with Crippen LogP contribution < -0.4 is 10.6 Å². The van der Waals surface area contributed by atoms with Gasteiger partial charge in [-0.25, -0.2) is 0 Å². The lowest BCUT2D eigenvalue weighted by molar-refractivity contribution is 1.06. The Morgan fingerprint density at radius 1 is 1.19 bits per heavy atom. The third kappa shape index (κ3) is 5.08. The van der Waals surface area contributed by atoms with Crippen molar-refractivity contribution in [3.05, 3.63) is 66.2 Å². The van der Waals surface area contributed by atoms with E-state index in [1.54, 1.807) is 17.8 Å². The normalized spacial score (nSPS) is 9.95. The Labute approximate surface area is 139 Å². The molecule has 0 radical (unpaired) electrons. The summed E-state index contributed by atoms with van der Waals surface area (Å²) in [5.74, 6) is 0. The topological polar surface area (TPSA) is 24.1 Å². The molecule has 21 heavy (non-hydrogen) atoms. The summed E-state index contributed by atoms with van der Waals surface area (Å²) in [7, 11) is 0. The van der Waals surface area contributed by atoms with Gasteiger partial charge in [0.15, 0.2) is 5.11 Å². The largest absolute Gasteiger partial charge is 0.359 e. The Bertz CT molecular complexity index is 626. The molecule has 2 rings (SSSR count). The van der Waals surface area contributed by atoms with Crippen LogP contribution in [0.1, 0.15) is 0 Å². The monoisotopic (exact) mass is 334 g/mol. The molecule has 108 valence electrons. The Balaban J connectivity index is 2.11. The highest BCUT2D eigenvalue weighted by Crippen LogP contribution is 2.33. The van der Waals surface area contributed by atoms with E-state index in [2.05, 4.69) is 23.3 Å². The van der Waals surface area contributed by atoms with Crippen LogP contribution in [0.2, 0.25) is 5.02 Å². The Morgan fingerprint density at radius 2 is 1.90 bits per heavy atom. The first-order valence-electron chi connectivity index (χ1n) is 6.37. The second kappa shape index (κ2) is 8.08. The van der Waals surface area contributed by atoms with E-state index in [0.29, 0.717) is 11.7 Å². The van der Waals surface area contributed by atoms with Crippen LogP contribution in [0.5, 0.6) is 0 Å². The molecule has 0 aromatic heterocycles. The summed E-state index contributed by atoms with van der Waals surface area (Å²) < 4.78 is 0. The molecule has 0 fully saturated rings. The van der Waals surface area contributed by atoms with Gasteiger partial charge in [-0.1, -0.05) is 41.6 Å². The molecule has 2 N–H and O–H groups in total. The first-order chi connectivity index (χ1) is 10.2. The van der Waals surface area contributed by atoms with E-state index in [1.807, 2.05) is 42.5 Å². The first-order valence-corrected chi connectivity index (χ1v) is 7.97. The van der Waals surface area contributed by atoms with Crippen molar-refractivity contribution in [2.75, 3.05) is 11.9 Å². The number of para-hydroxylation sites is 1. The van der Waals surface area contributed by atoms with E-state index in [0.717, 1.165) is 20.5 Å². The third-order valence-electron chi connectivity index (χ3n) is 2.58. The maximum absolute atomic E-state index is 5.91. The van der Waals surface area contributed by atoms with E-state index in [4.69, 9.17) is 23.8 Å². The van der Waals surface area contributed by atoms with Crippen molar-refractivity contribution in [1.29, 1.82) is 0 Å². The molecule has 0 saturated heterocycles. The summed E-state index contributed by atoms with van der Waals surface area (Å²) >= 11 is 12.8. The van der Waals surface area contributed by atoms with Crippen LogP contribution >= 0.6 is 35.6 Å². The van der Waals surface area contributed by atoms with Crippen molar-refractivity contribution in [3.8, 4) is 0 Å². The molecule has 0 aliphatic rings. The standard InChI is InChI=1S/C16H15ClN2S2/c1-2-11-18-16(20)19-14-5-3-4-6-15(14)21-13-9-7-12(17)8-10-13/h2-10H,1,11H2,(H2,18,19,20). The minimum absolute atomic E-state index is 0.582. The van der Waals surface area contributed by atoms with E-state index in [1.165, 1.54) is 0 Å². The van der Waals surface area contributed by atoms with E-state index < -0.39 is 0 Å². The zero-order chi connectivity index (χ0) is 15.1. The fourth-order valence-corrected chi connectivity index (χ4v) is 2.84. The quantitative estimate of drug-likeness (QED) is 0.596. The Morgan fingerprint density at radius 3 is 2.62 bits per heavy atom. The minimum Gasteiger partial charge on any atom is -0.359 e. The van der Waals surface area contributed by atoms with Gasteiger partial charge in [-0.15, -0.1) is 6.58 Å². The Kier molecular flexibility index (Phi) is 6.11. The third-order valence-corrected chi connectivity index (χ3v) is 4.17. The van der Waals surface area contributed by atoms with Gasteiger partial charge >= 0.3 is 0 Å². The highest BCUT2D eigenvalue weighted by Gasteiger charge is 2.05. The molecule has 0 unspecified atom stereocenters. The number of hydrogen-bond donors (Lipinski definition) is 2. The Hall–Kier alpha value is -1.49. The van der Waals surface area contributed by atoms with Crippen molar-refractivity contribution in [3.63, 3.8) is 0 Å². The molecule has 0 aliphatic carbocycles. The lowest BCUT2D eigenvalue weighted by atomic mass is 10.3. The van der Waals surface area contributed by atoms with Crippen molar-refractivity contribution in [2.45, 2.75) is 9.79 Å². The second-order valence-corrected chi connectivity index (χ2v) is 6.14. The van der Waals surface area contributed by atoms with Crippen molar-refractivity contribution in [2.24, 2.45) is 0 Å². The summed E-state index contributed by atoms with van der Waals surface area (Å²) in [6, 6.07) is 15.8. The molecule has 0 spiro atoms. The van der Waals surface area contributed by atoms with Crippen molar-refractivity contribution in [1.82, 2.24) is 5.32 Å². The smallest absolute Gasteiger partial charge is 0.171 e. The van der Waals surface area contributed by atoms with Crippen molar-refractivity contribution >= 4 is 46.4 Å². The number of anilines is 1. The van der Waals surface area contributed by atoms with Gasteiger partial charge in [0.25, 0.3) is 0 Å². The summed E-state index contributed by atoms with van der Waals surface area (Å²) in [4.78, 5) is 2.22. The van der Waals surface area contributed by atoms with Gasteiger partial charge < -0.3 is 10.6 Å². The number of hydrogen-bond acceptors (Lipinski definition) is 2. The second-order valence-electron chi connectivity index (χ2n) is 4.18. The molecule has 0 saturated carbocycles. The van der Waals surface area contributed by atoms with E-state index in [9.17, 15) is 0 Å². The molecule has 0 bridgehead atoms. The SMILES string of the molecule is C=CCNC(=S)Nc1ccccc1Sc1ccc(Cl)cc1. The van der Waals surface area contributed by atoms with Crippen LogP contribution in [-0.4, -0.2) is 11.7 Å². The maximum Gasteiger partial charge on any atom is 0.171 e. The summed E-state index contributed by atoms with van der Waals surface area (Å²) in [5, 5.41) is 7.58. The number of thiocarbonyl (C=S) groups is 1. The van der Waals surface area contributed by atoms with Crippen LogP contribution in [0.3, 0.4) is 0 Å². The van der Waals surface area contributed by atoms with Gasteiger partial charge in [-0.2, -0.15) is 0 Å². The summed E-state index contributed by atoms with van der Waals surface area (Å²) in [5.41, 5.74) is 0.971. The molecule has 5 heteroatoms. The van der Waals surface area contributed by atoms with Crippen LogP contribution in [0.15, 0.2) is 71.0 Å². The average Bonchev–Trinajstić information content (AvgIpc) is 2.49. The van der Waals surface area contributed by atoms with Crippen LogP contribution in [0.25, 0.3) is 0 Å². The van der Waals surface area contributed by atoms with Gasteiger partial charge in [-0.3, -0.25) is 0 Å². The number of nitrogens with one attached hydrogen (secondary N) is 2. The number of rotatable bonds is 5. The lowest BCUT2D eigenvalue weighted by Gasteiger charge is -2.13. The average molecular weight is 335 g/mol. The fraction of sp³-hybridized carbons (Fsp3) is 0.0625. The maximum atomic E-state index is 5.91. The highest BCUT2D eigenvalue weighted by atomic mass is 35.5. The van der Waals surface area contributed by atoms with Gasteiger partial charge in [0.1, 0.15) is 0 Å². The number of benzene rings is 2. The van der Waals surface area contributed by atoms with Gasteiger partial charge in [0, 0.05) is 21.4 Å². The lowest BCUT2D eigenvalue weighted by Crippen LogP contribution is -2.28. The molecule has 0 amide bonds. The number of halogens is 1. The van der Waals surface area contributed by atoms with Gasteiger partial charge in [0.05, 0.1) is 5.69 Å². The zero-order valence-electron chi connectivity index (χ0n) is 11.3. The predicted molar refractivity (Wildman–Crippen MR) is 96.4 cm³/mol. The fourth-order valence-electron chi connectivity index (χ4n) is 1.62.